The highest BCUT2D eigenvalue weighted by molar-refractivity contribution is 5.89. The standard InChI is InChI=1S/C43H59NO14/c1-11-29-53-26-18-28-43(20-52-28,57-23(5)45)32-30(26)35(55-29)34(47)31-22(4)27(54-38(49)33(46)25(17-21(2)3)44-39(50)58-40(6,7)8)19-42(31,41(9,10)51)36(32)56-37(48)24-15-13-12-14-16-24/h11-16,21,25-30,32-36,46-47,51H,1,17-20H2,2-10H3,(H,44,50)/t25-,26-,27?,28+,29?,30?,32+,33?,34-,35+,36-,42-,43-/m0/s1. The number of hydrogen-bond acceptors (Lipinski definition) is 14. The Balaban J connectivity index is 1.49. The summed E-state index contributed by atoms with van der Waals surface area (Å²) < 4.78 is 43.3. The molecule has 15 nitrogen and oxygen atoms in total. The van der Waals surface area contributed by atoms with Gasteiger partial charge in [0, 0.05) is 31.6 Å². The Hall–Kier alpha value is -3.86. The minimum absolute atomic E-state index is 0.0620. The summed E-state index contributed by atoms with van der Waals surface area (Å²) in [6.45, 7) is 18.5. The Morgan fingerprint density at radius 2 is 1.74 bits per heavy atom. The molecule has 1 aromatic carbocycles. The molecule has 4 N–H and O–H groups in total. The number of amides is 1. The number of aliphatic hydroxyl groups excluding tert-OH is 2. The molecule has 0 bridgehead atoms. The van der Waals surface area contributed by atoms with Gasteiger partial charge in [0.1, 0.15) is 30.0 Å². The third-order valence-corrected chi connectivity index (χ3v) is 12.4. The van der Waals surface area contributed by atoms with Crippen molar-refractivity contribution in [3.8, 4) is 0 Å². The molecule has 320 valence electrons. The molecule has 6 rings (SSSR count). The van der Waals surface area contributed by atoms with Crippen molar-refractivity contribution in [2.45, 2.75) is 153 Å². The van der Waals surface area contributed by atoms with Gasteiger partial charge < -0.3 is 53.8 Å². The van der Waals surface area contributed by atoms with E-state index in [-0.39, 0.29) is 42.9 Å². The average Bonchev–Trinajstić information content (AvgIpc) is 3.37. The fourth-order valence-electron chi connectivity index (χ4n) is 10.1. The SMILES string of the molecule is C=CC1O[C@H]2C[C@H]3OC[C@@]3(OC(C)=O)[C@@H]3C2[C@@H](O1)[C@@H](O)C1=C(C)C(OC(=O)C(O)[C@H](CC(C)C)NC(=O)OC(C)(C)C)C[C@@]1(C(C)(C)O)[C@H]3OC(=O)c1ccccc1. The number of rotatable bonds is 11. The molecule has 2 heterocycles. The molecule has 2 saturated heterocycles. The van der Waals surface area contributed by atoms with Crippen molar-refractivity contribution in [2.75, 3.05) is 6.61 Å². The summed E-state index contributed by atoms with van der Waals surface area (Å²) in [6, 6.07) is 7.16. The Kier molecular flexibility index (Phi) is 12.0. The highest BCUT2D eigenvalue weighted by Gasteiger charge is 2.77. The van der Waals surface area contributed by atoms with Gasteiger partial charge >= 0.3 is 24.0 Å². The predicted octanol–water partition coefficient (Wildman–Crippen LogP) is 3.91. The Labute approximate surface area is 339 Å². The number of ether oxygens (including phenoxy) is 7. The van der Waals surface area contributed by atoms with Crippen LogP contribution in [0.15, 0.2) is 54.1 Å². The van der Waals surface area contributed by atoms with Gasteiger partial charge in [0.25, 0.3) is 0 Å². The summed E-state index contributed by atoms with van der Waals surface area (Å²) in [5.41, 5.74) is -5.10. The number of nitrogens with one attached hydrogen (secondary N) is 1. The van der Waals surface area contributed by atoms with E-state index in [1.807, 2.05) is 13.8 Å². The van der Waals surface area contributed by atoms with Gasteiger partial charge in [0.15, 0.2) is 18.0 Å². The van der Waals surface area contributed by atoms with Crippen LogP contribution in [0.1, 0.15) is 91.9 Å². The maximum atomic E-state index is 14.3. The molecular weight excluding hydrogens is 754 g/mol. The van der Waals surface area contributed by atoms with E-state index < -0.39 is 113 Å². The largest absolute Gasteiger partial charge is 0.457 e. The molecule has 0 aromatic heterocycles. The molecule has 2 aliphatic heterocycles. The molecule has 2 saturated carbocycles. The zero-order valence-corrected chi connectivity index (χ0v) is 34.8. The number of carbonyl (C=O) groups excluding carboxylic acids is 4. The molecular formula is C43H59NO14. The van der Waals surface area contributed by atoms with E-state index in [0.717, 1.165) is 0 Å². The lowest BCUT2D eigenvalue weighted by Crippen LogP contribution is -2.77. The van der Waals surface area contributed by atoms with E-state index in [1.54, 1.807) is 58.0 Å². The summed E-state index contributed by atoms with van der Waals surface area (Å²) in [4.78, 5) is 54.1. The average molecular weight is 814 g/mol. The van der Waals surface area contributed by atoms with Crippen molar-refractivity contribution in [1.29, 1.82) is 0 Å². The summed E-state index contributed by atoms with van der Waals surface area (Å²) in [7, 11) is 0. The first kappa shape index (κ1) is 43.7. The minimum atomic E-state index is -1.85. The highest BCUT2D eigenvalue weighted by atomic mass is 16.7. The molecule has 1 amide bonds. The number of alkyl carbamates (subject to hydrolysis) is 1. The van der Waals surface area contributed by atoms with Crippen LogP contribution < -0.4 is 5.32 Å². The molecule has 0 spiro atoms. The molecule has 4 unspecified atom stereocenters. The number of hydrogen-bond donors (Lipinski definition) is 4. The van der Waals surface area contributed by atoms with Crippen molar-refractivity contribution in [2.24, 2.45) is 23.2 Å². The summed E-state index contributed by atoms with van der Waals surface area (Å²) in [6.07, 6.45) is -8.50. The lowest BCUT2D eigenvalue weighted by molar-refractivity contribution is -0.366. The van der Waals surface area contributed by atoms with Crippen LogP contribution in [0.3, 0.4) is 0 Å². The minimum Gasteiger partial charge on any atom is -0.457 e. The highest BCUT2D eigenvalue weighted by Crippen LogP contribution is 2.66. The van der Waals surface area contributed by atoms with Crippen LogP contribution in [0.25, 0.3) is 0 Å². The van der Waals surface area contributed by atoms with Crippen molar-refractivity contribution >= 4 is 24.0 Å². The first-order chi connectivity index (χ1) is 27.0. The third-order valence-electron chi connectivity index (χ3n) is 12.4. The fraction of sp³-hybridized carbons (Fsp3) is 0.674. The number of fused-ring (bicyclic) bond motifs is 3. The van der Waals surface area contributed by atoms with Gasteiger partial charge in [-0.05, 0) is 83.2 Å². The van der Waals surface area contributed by atoms with Crippen LogP contribution in [0.5, 0.6) is 0 Å². The van der Waals surface area contributed by atoms with Crippen molar-refractivity contribution < 1.29 is 67.7 Å². The zero-order chi connectivity index (χ0) is 42.7. The first-order valence-electron chi connectivity index (χ1n) is 20.0. The number of aliphatic hydroxyl groups is 3. The number of benzene rings is 1. The van der Waals surface area contributed by atoms with Gasteiger partial charge in [-0.1, -0.05) is 38.6 Å². The molecule has 3 aliphatic carbocycles. The Morgan fingerprint density at radius 1 is 1.07 bits per heavy atom. The van der Waals surface area contributed by atoms with Gasteiger partial charge in [0.05, 0.1) is 41.4 Å². The third kappa shape index (κ3) is 7.81. The van der Waals surface area contributed by atoms with Crippen LogP contribution in [-0.2, 0) is 42.7 Å². The van der Waals surface area contributed by atoms with Gasteiger partial charge in [-0.15, -0.1) is 0 Å². The maximum absolute atomic E-state index is 14.3. The monoisotopic (exact) mass is 813 g/mol. The topological polar surface area (TPSA) is 206 Å². The number of carbonyl (C=O) groups is 4. The summed E-state index contributed by atoms with van der Waals surface area (Å²) in [5, 5.41) is 39.5. The van der Waals surface area contributed by atoms with Gasteiger partial charge in [-0.3, -0.25) is 4.79 Å². The van der Waals surface area contributed by atoms with Gasteiger partial charge in [-0.25, -0.2) is 14.4 Å². The van der Waals surface area contributed by atoms with E-state index in [1.165, 1.54) is 26.8 Å². The molecule has 15 heteroatoms. The maximum Gasteiger partial charge on any atom is 0.407 e. The van der Waals surface area contributed by atoms with E-state index in [0.29, 0.717) is 5.57 Å². The molecule has 1 aromatic rings. The van der Waals surface area contributed by atoms with Crippen LogP contribution in [-0.4, -0.2) is 118 Å². The molecule has 4 fully saturated rings. The van der Waals surface area contributed by atoms with Crippen LogP contribution >= 0.6 is 0 Å². The van der Waals surface area contributed by atoms with E-state index in [2.05, 4.69) is 11.9 Å². The normalized spacial score (nSPS) is 35.2. The van der Waals surface area contributed by atoms with Crippen LogP contribution in [0, 0.1) is 23.2 Å². The van der Waals surface area contributed by atoms with E-state index in [4.69, 9.17) is 33.2 Å². The molecule has 5 aliphatic rings. The molecule has 0 radical (unpaired) electrons. The zero-order valence-electron chi connectivity index (χ0n) is 34.8. The molecule has 58 heavy (non-hydrogen) atoms. The fourth-order valence-corrected chi connectivity index (χ4v) is 10.1. The Morgan fingerprint density at radius 3 is 2.29 bits per heavy atom. The quantitative estimate of drug-likeness (QED) is 0.142. The van der Waals surface area contributed by atoms with Crippen LogP contribution in [0.2, 0.25) is 0 Å². The molecule has 13 atom stereocenters. The lowest BCUT2D eigenvalue weighted by atomic mass is 9.54. The second-order valence-electron chi connectivity index (χ2n) is 18.3. The lowest BCUT2D eigenvalue weighted by Gasteiger charge is -2.63. The van der Waals surface area contributed by atoms with Crippen molar-refractivity contribution in [3.05, 3.63) is 59.7 Å². The Bertz CT molecular complexity index is 1780. The second-order valence-corrected chi connectivity index (χ2v) is 18.3. The summed E-state index contributed by atoms with van der Waals surface area (Å²) >= 11 is 0. The van der Waals surface area contributed by atoms with E-state index in [9.17, 15) is 34.5 Å². The smallest absolute Gasteiger partial charge is 0.407 e. The summed E-state index contributed by atoms with van der Waals surface area (Å²) in [5.74, 6) is -4.28. The van der Waals surface area contributed by atoms with Gasteiger partial charge in [0.2, 0.25) is 0 Å². The van der Waals surface area contributed by atoms with Crippen molar-refractivity contribution in [3.63, 3.8) is 0 Å². The van der Waals surface area contributed by atoms with Crippen LogP contribution in [0.4, 0.5) is 4.79 Å². The van der Waals surface area contributed by atoms with Gasteiger partial charge in [-0.2, -0.15) is 0 Å². The number of esters is 3. The first-order valence-corrected chi connectivity index (χ1v) is 20.0. The second kappa shape index (κ2) is 16.0. The van der Waals surface area contributed by atoms with Crippen molar-refractivity contribution in [1.82, 2.24) is 5.32 Å². The van der Waals surface area contributed by atoms with E-state index >= 15 is 0 Å². The predicted molar refractivity (Wildman–Crippen MR) is 206 cm³/mol.